The van der Waals surface area contributed by atoms with Crippen LogP contribution in [0, 0.1) is 5.41 Å². The summed E-state index contributed by atoms with van der Waals surface area (Å²) in [6.07, 6.45) is 5.00. The average molecular weight is 256 g/mol. The van der Waals surface area contributed by atoms with Crippen molar-refractivity contribution in [3.05, 3.63) is 0 Å². The van der Waals surface area contributed by atoms with Crippen LogP contribution in [0.2, 0.25) is 0 Å². The highest BCUT2D eigenvalue weighted by molar-refractivity contribution is 4.98. The topological polar surface area (TPSA) is 38.5 Å². The number of rotatable bonds is 6. The summed E-state index contributed by atoms with van der Waals surface area (Å²) in [5, 5.41) is 0. The first-order valence-corrected chi connectivity index (χ1v) is 7.33. The molecule has 0 aliphatic heterocycles. The summed E-state index contributed by atoms with van der Waals surface area (Å²) in [5.41, 5.74) is 6.84. The molecule has 1 aliphatic rings. The zero-order valence-electron chi connectivity index (χ0n) is 13.0. The van der Waals surface area contributed by atoms with E-state index in [1.165, 1.54) is 25.7 Å². The number of hydrogen-bond donors (Lipinski definition) is 1. The lowest BCUT2D eigenvalue weighted by Crippen LogP contribution is -2.59. The van der Waals surface area contributed by atoms with Gasteiger partial charge in [0, 0.05) is 31.8 Å². The molecule has 0 spiro atoms. The Morgan fingerprint density at radius 1 is 1.17 bits per heavy atom. The Morgan fingerprint density at radius 3 is 2.11 bits per heavy atom. The second-order valence-corrected chi connectivity index (χ2v) is 6.87. The maximum absolute atomic E-state index is 6.15. The minimum atomic E-state index is 0.197. The van der Waals surface area contributed by atoms with E-state index in [0.29, 0.717) is 11.5 Å². The molecule has 0 heterocycles. The Labute approximate surface area is 113 Å². The average Bonchev–Trinajstić information content (AvgIpc) is 2.31. The third-order valence-corrected chi connectivity index (χ3v) is 4.68. The summed E-state index contributed by atoms with van der Waals surface area (Å²) in [6.45, 7) is 11.9. The van der Waals surface area contributed by atoms with Crippen LogP contribution in [0.5, 0.6) is 0 Å². The Kier molecular flexibility index (Phi) is 5.63. The molecule has 3 nitrogen and oxygen atoms in total. The van der Waals surface area contributed by atoms with Gasteiger partial charge in [-0.25, -0.2) is 0 Å². The Bertz CT molecular complexity index is 241. The molecular weight excluding hydrogens is 224 g/mol. The van der Waals surface area contributed by atoms with Crippen molar-refractivity contribution in [1.82, 2.24) is 4.90 Å². The second-order valence-electron chi connectivity index (χ2n) is 6.87. The Morgan fingerprint density at radius 2 is 1.72 bits per heavy atom. The molecule has 0 amide bonds. The molecular formula is C15H32N2O. The fraction of sp³-hybridized carbons (Fsp3) is 1.00. The lowest BCUT2D eigenvalue weighted by molar-refractivity contribution is -0.0120. The molecule has 0 aromatic heterocycles. The van der Waals surface area contributed by atoms with Gasteiger partial charge in [0.2, 0.25) is 0 Å². The normalized spacial score (nSPS) is 22.7. The first-order chi connectivity index (χ1) is 8.37. The van der Waals surface area contributed by atoms with Gasteiger partial charge in [0.05, 0.1) is 6.61 Å². The third kappa shape index (κ3) is 3.69. The van der Waals surface area contributed by atoms with Gasteiger partial charge in [0.25, 0.3) is 0 Å². The van der Waals surface area contributed by atoms with Gasteiger partial charge in [-0.1, -0.05) is 13.8 Å². The van der Waals surface area contributed by atoms with Crippen molar-refractivity contribution in [2.24, 2.45) is 11.1 Å². The first kappa shape index (κ1) is 15.9. The molecule has 3 heteroatoms. The largest absolute Gasteiger partial charge is 0.383 e. The van der Waals surface area contributed by atoms with Crippen molar-refractivity contribution in [3.8, 4) is 0 Å². The highest BCUT2D eigenvalue weighted by atomic mass is 16.5. The fourth-order valence-electron chi connectivity index (χ4n) is 3.23. The molecule has 1 saturated carbocycles. The summed E-state index contributed by atoms with van der Waals surface area (Å²) in [6, 6.07) is 0.532. The van der Waals surface area contributed by atoms with Crippen molar-refractivity contribution in [3.63, 3.8) is 0 Å². The predicted molar refractivity (Wildman–Crippen MR) is 77.8 cm³/mol. The monoisotopic (exact) mass is 256 g/mol. The minimum absolute atomic E-state index is 0.197. The lowest BCUT2D eigenvalue weighted by Gasteiger charge is -2.51. The van der Waals surface area contributed by atoms with Crippen LogP contribution in [0.1, 0.15) is 53.4 Å². The molecule has 2 N–H and O–H groups in total. The molecule has 0 bridgehead atoms. The zero-order valence-corrected chi connectivity index (χ0v) is 13.0. The quantitative estimate of drug-likeness (QED) is 0.794. The van der Waals surface area contributed by atoms with Gasteiger partial charge in [0.15, 0.2) is 0 Å². The van der Waals surface area contributed by atoms with Gasteiger partial charge in [0.1, 0.15) is 0 Å². The van der Waals surface area contributed by atoms with Crippen LogP contribution in [0.25, 0.3) is 0 Å². The smallest absolute Gasteiger partial charge is 0.0590 e. The van der Waals surface area contributed by atoms with E-state index in [1.807, 2.05) is 0 Å². The van der Waals surface area contributed by atoms with Gasteiger partial charge >= 0.3 is 0 Å². The van der Waals surface area contributed by atoms with E-state index < -0.39 is 0 Å². The standard InChI is InChI=1S/C15H32N2O/c1-13(2)17(10-11-18-5)15(12-16)8-6-14(3,4)7-9-15/h13H,6-12,16H2,1-5H3. The van der Waals surface area contributed by atoms with Crippen molar-refractivity contribution in [2.45, 2.75) is 65.0 Å². The minimum Gasteiger partial charge on any atom is -0.383 e. The maximum atomic E-state index is 6.15. The summed E-state index contributed by atoms with van der Waals surface area (Å²) in [5.74, 6) is 0. The highest BCUT2D eigenvalue weighted by Crippen LogP contribution is 2.43. The first-order valence-electron chi connectivity index (χ1n) is 7.33. The molecule has 0 radical (unpaired) electrons. The number of nitrogens with zero attached hydrogens (tertiary/aromatic N) is 1. The van der Waals surface area contributed by atoms with Crippen LogP contribution in [-0.2, 0) is 4.74 Å². The van der Waals surface area contributed by atoms with Crippen LogP contribution >= 0.6 is 0 Å². The molecule has 1 aliphatic carbocycles. The number of methoxy groups -OCH3 is 1. The molecule has 0 aromatic carbocycles. The van der Waals surface area contributed by atoms with Crippen molar-refractivity contribution in [1.29, 1.82) is 0 Å². The highest BCUT2D eigenvalue weighted by Gasteiger charge is 2.42. The van der Waals surface area contributed by atoms with Crippen LogP contribution < -0.4 is 5.73 Å². The van der Waals surface area contributed by atoms with Crippen molar-refractivity contribution in [2.75, 3.05) is 26.8 Å². The Balaban J connectivity index is 2.78. The summed E-state index contributed by atoms with van der Waals surface area (Å²) >= 11 is 0. The molecule has 0 aromatic rings. The fourth-order valence-corrected chi connectivity index (χ4v) is 3.23. The second kappa shape index (κ2) is 6.36. The van der Waals surface area contributed by atoms with Gasteiger partial charge in [-0.2, -0.15) is 0 Å². The van der Waals surface area contributed by atoms with E-state index in [4.69, 9.17) is 10.5 Å². The van der Waals surface area contributed by atoms with Gasteiger partial charge in [-0.15, -0.1) is 0 Å². The van der Waals surface area contributed by atoms with E-state index in [-0.39, 0.29) is 5.54 Å². The van der Waals surface area contributed by atoms with Crippen molar-refractivity contribution >= 4 is 0 Å². The van der Waals surface area contributed by atoms with Crippen molar-refractivity contribution < 1.29 is 4.74 Å². The summed E-state index contributed by atoms with van der Waals surface area (Å²) in [4.78, 5) is 2.58. The molecule has 1 rings (SSSR count). The number of hydrogen-bond acceptors (Lipinski definition) is 3. The maximum Gasteiger partial charge on any atom is 0.0590 e. The molecule has 0 atom stereocenters. The SMILES string of the molecule is COCCN(C(C)C)C1(CN)CCC(C)(C)CC1. The van der Waals surface area contributed by atoms with E-state index in [1.54, 1.807) is 7.11 Å². The van der Waals surface area contributed by atoms with Crippen LogP contribution in [-0.4, -0.2) is 43.3 Å². The van der Waals surface area contributed by atoms with E-state index in [2.05, 4.69) is 32.6 Å². The summed E-state index contributed by atoms with van der Waals surface area (Å²) < 4.78 is 5.26. The lowest BCUT2D eigenvalue weighted by atomic mass is 9.68. The third-order valence-electron chi connectivity index (χ3n) is 4.68. The number of ether oxygens (including phenoxy) is 1. The Hall–Kier alpha value is -0.120. The molecule has 0 saturated heterocycles. The van der Waals surface area contributed by atoms with Crippen LogP contribution in [0.15, 0.2) is 0 Å². The molecule has 0 unspecified atom stereocenters. The number of nitrogens with two attached hydrogens (primary N) is 1. The van der Waals surface area contributed by atoms with E-state index in [0.717, 1.165) is 19.7 Å². The zero-order chi connectivity index (χ0) is 13.8. The van der Waals surface area contributed by atoms with E-state index in [9.17, 15) is 0 Å². The van der Waals surface area contributed by atoms with Crippen LogP contribution in [0.3, 0.4) is 0 Å². The summed E-state index contributed by atoms with van der Waals surface area (Å²) in [7, 11) is 1.78. The van der Waals surface area contributed by atoms with Gasteiger partial charge < -0.3 is 10.5 Å². The van der Waals surface area contributed by atoms with Crippen LogP contribution in [0.4, 0.5) is 0 Å². The molecule has 108 valence electrons. The predicted octanol–water partition coefficient (Wildman–Crippen LogP) is 2.64. The molecule has 1 fully saturated rings. The van der Waals surface area contributed by atoms with E-state index >= 15 is 0 Å². The molecule has 18 heavy (non-hydrogen) atoms. The van der Waals surface area contributed by atoms with Gasteiger partial charge in [-0.3, -0.25) is 4.90 Å². The van der Waals surface area contributed by atoms with Gasteiger partial charge in [-0.05, 0) is 44.9 Å².